The van der Waals surface area contributed by atoms with Crippen LogP contribution in [0.15, 0.2) is 48.0 Å². The zero-order valence-electron chi connectivity index (χ0n) is 15.1. The molecule has 1 fully saturated rings. The molecule has 27 heavy (non-hydrogen) atoms. The standard InChI is InChI=1S/C21H23N3O2S/c25-20(22-10-9-15-13-23-18-7-2-1-6-17(15)18)16-5-3-11-24(14-16)21(26)19-8-4-12-27-19/h1-2,4,6-8,12-13,16,23H,3,5,9-11,14H2,(H,22,25). The molecule has 2 amide bonds. The summed E-state index contributed by atoms with van der Waals surface area (Å²) in [5.41, 5.74) is 2.33. The van der Waals surface area contributed by atoms with Crippen molar-refractivity contribution in [3.63, 3.8) is 0 Å². The highest BCUT2D eigenvalue weighted by Gasteiger charge is 2.29. The molecule has 140 valence electrons. The second kappa shape index (κ2) is 7.96. The van der Waals surface area contributed by atoms with Gasteiger partial charge < -0.3 is 15.2 Å². The smallest absolute Gasteiger partial charge is 0.263 e. The Morgan fingerprint density at radius 1 is 1.22 bits per heavy atom. The first-order valence-corrected chi connectivity index (χ1v) is 10.3. The van der Waals surface area contributed by atoms with Gasteiger partial charge in [-0.2, -0.15) is 0 Å². The van der Waals surface area contributed by atoms with Crippen LogP contribution in [0.3, 0.4) is 0 Å². The fourth-order valence-electron chi connectivity index (χ4n) is 3.73. The minimum atomic E-state index is -0.120. The minimum absolute atomic E-state index is 0.0429. The van der Waals surface area contributed by atoms with Gasteiger partial charge >= 0.3 is 0 Å². The number of nitrogens with one attached hydrogen (secondary N) is 2. The van der Waals surface area contributed by atoms with Gasteiger partial charge in [-0.05, 0) is 42.3 Å². The van der Waals surface area contributed by atoms with Gasteiger partial charge in [0.15, 0.2) is 0 Å². The third-order valence-electron chi connectivity index (χ3n) is 5.18. The molecular weight excluding hydrogens is 358 g/mol. The van der Waals surface area contributed by atoms with Gasteiger partial charge in [0.05, 0.1) is 10.8 Å². The van der Waals surface area contributed by atoms with Crippen LogP contribution in [0.2, 0.25) is 0 Å². The van der Waals surface area contributed by atoms with E-state index in [-0.39, 0.29) is 17.7 Å². The largest absolute Gasteiger partial charge is 0.361 e. The highest BCUT2D eigenvalue weighted by Crippen LogP contribution is 2.21. The lowest BCUT2D eigenvalue weighted by molar-refractivity contribution is -0.126. The normalized spacial score (nSPS) is 17.2. The van der Waals surface area contributed by atoms with E-state index in [1.807, 2.05) is 40.7 Å². The summed E-state index contributed by atoms with van der Waals surface area (Å²) >= 11 is 1.45. The first-order chi connectivity index (χ1) is 13.2. The van der Waals surface area contributed by atoms with Crippen LogP contribution in [-0.2, 0) is 11.2 Å². The second-order valence-electron chi connectivity index (χ2n) is 6.97. The van der Waals surface area contributed by atoms with Crippen LogP contribution in [0.4, 0.5) is 0 Å². The number of hydrogen-bond acceptors (Lipinski definition) is 3. The number of fused-ring (bicyclic) bond motifs is 1. The van der Waals surface area contributed by atoms with E-state index < -0.39 is 0 Å². The number of aromatic amines is 1. The number of hydrogen-bond donors (Lipinski definition) is 2. The Morgan fingerprint density at radius 3 is 2.96 bits per heavy atom. The number of nitrogens with zero attached hydrogens (tertiary/aromatic N) is 1. The molecule has 5 nitrogen and oxygen atoms in total. The number of aromatic nitrogens is 1. The zero-order valence-corrected chi connectivity index (χ0v) is 15.9. The van der Waals surface area contributed by atoms with Crippen molar-refractivity contribution in [2.45, 2.75) is 19.3 Å². The highest BCUT2D eigenvalue weighted by molar-refractivity contribution is 7.12. The van der Waals surface area contributed by atoms with E-state index in [0.717, 1.165) is 36.2 Å². The maximum Gasteiger partial charge on any atom is 0.263 e. The van der Waals surface area contributed by atoms with Crippen molar-refractivity contribution in [2.24, 2.45) is 5.92 Å². The van der Waals surface area contributed by atoms with Crippen molar-refractivity contribution < 1.29 is 9.59 Å². The Labute approximate surface area is 162 Å². The summed E-state index contributed by atoms with van der Waals surface area (Å²) in [7, 11) is 0. The molecule has 1 unspecified atom stereocenters. The first kappa shape index (κ1) is 17.8. The Hall–Kier alpha value is -2.60. The molecular formula is C21H23N3O2S. The van der Waals surface area contributed by atoms with E-state index in [0.29, 0.717) is 13.1 Å². The molecule has 1 aromatic carbocycles. The van der Waals surface area contributed by atoms with Gasteiger partial charge in [-0.15, -0.1) is 11.3 Å². The van der Waals surface area contributed by atoms with Gasteiger partial charge in [0.1, 0.15) is 0 Å². The summed E-state index contributed by atoms with van der Waals surface area (Å²) in [6.07, 6.45) is 4.52. The van der Waals surface area contributed by atoms with E-state index in [1.54, 1.807) is 0 Å². The molecule has 1 saturated heterocycles. The van der Waals surface area contributed by atoms with E-state index >= 15 is 0 Å². The highest BCUT2D eigenvalue weighted by atomic mass is 32.1. The Balaban J connectivity index is 1.31. The number of benzene rings is 1. The van der Waals surface area contributed by atoms with E-state index in [2.05, 4.69) is 22.4 Å². The lowest BCUT2D eigenvalue weighted by Crippen LogP contribution is -2.45. The third-order valence-corrected chi connectivity index (χ3v) is 6.04. The Bertz CT molecular complexity index is 932. The van der Waals surface area contributed by atoms with E-state index in [9.17, 15) is 9.59 Å². The monoisotopic (exact) mass is 381 g/mol. The number of para-hydroxylation sites is 1. The molecule has 0 spiro atoms. The summed E-state index contributed by atoms with van der Waals surface area (Å²) in [6.45, 7) is 1.85. The van der Waals surface area contributed by atoms with Crippen LogP contribution in [0, 0.1) is 5.92 Å². The van der Waals surface area contributed by atoms with Crippen LogP contribution in [-0.4, -0.2) is 41.3 Å². The number of H-pyrrole nitrogens is 1. The summed E-state index contributed by atoms with van der Waals surface area (Å²) in [6, 6.07) is 11.9. The predicted octanol–water partition coefficient (Wildman–Crippen LogP) is 3.44. The lowest BCUT2D eigenvalue weighted by Gasteiger charge is -2.31. The molecule has 1 aliphatic heterocycles. The third kappa shape index (κ3) is 3.90. The van der Waals surface area contributed by atoms with Crippen LogP contribution >= 0.6 is 11.3 Å². The van der Waals surface area contributed by atoms with Crippen molar-refractivity contribution in [3.8, 4) is 0 Å². The summed E-state index contributed by atoms with van der Waals surface area (Å²) < 4.78 is 0. The summed E-state index contributed by atoms with van der Waals surface area (Å²) in [4.78, 5) is 30.9. The zero-order chi connectivity index (χ0) is 18.6. The molecule has 0 bridgehead atoms. The molecule has 3 aromatic rings. The van der Waals surface area contributed by atoms with E-state index in [1.165, 1.54) is 22.3 Å². The average molecular weight is 382 g/mol. The molecule has 4 rings (SSSR count). The number of carbonyl (C=O) groups excluding carboxylic acids is 2. The van der Waals surface area contributed by atoms with Crippen LogP contribution in [0.1, 0.15) is 28.1 Å². The van der Waals surface area contributed by atoms with Gasteiger partial charge in [-0.3, -0.25) is 9.59 Å². The maximum absolute atomic E-state index is 12.6. The topological polar surface area (TPSA) is 65.2 Å². The molecule has 0 aliphatic carbocycles. The molecule has 1 aliphatic rings. The SMILES string of the molecule is O=C(NCCc1c[nH]c2ccccc12)C1CCCN(C(=O)c2cccs2)C1. The molecule has 1 atom stereocenters. The quantitative estimate of drug-likeness (QED) is 0.711. The van der Waals surface area contributed by atoms with Crippen molar-refractivity contribution >= 4 is 34.1 Å². The predicted molar refractivity (Wildman–Crippen MR) is 108 cm³/mol. The van der Waals surface area contributed by atoms with Gasteiger partial charge in [-0.1, -0.05) is 24.3 Å². The second-order valence-corrected chi connectivity index (χ2v) is 7.92. The molecule has 2 N–H and O–H groups in total. The molecule has 3 heterocycles. The van der Waals surface area contributed by atoms with Gasteiger partial charge in [0.25, 0.3) is 5.91 Å². The number of rotatable bonds is 5. The number of amides is 2. The summed E-state index contributed by atoms with van der Waals surface area (Å²) in [5, 5.41) is 6.18. The van der Waals surface area contributed by atoms with Crippen LogP contribution in [0.5, 0.6) is 0 Å². The fraction of sp³-hybridized carbons (Fsp3) is 0.333. The maximum atomic E-state index is 12.6. The molecule has 2 aromatic heterocycles. The molecule has 0 saturated carbocycles. The van der Waals surface area contributed by atoms with Crippen molar-refractivity contribution in [2.75, 3.05) is 19.6 Å². The Morgan fingerprint density at radius 2 is 2.11 bits per heavy atom. The number of carbonyl (C=O) groups is 2. The van der Waals surface area contributed by atoms with Crippen LogP contribution < -0.4 is 5.32 Å². The van der Waals surface area contributed by atoms with Gasteiger partial charge in [-0.25, -0.2) is 0 Å². The molecule has 0 radical (unpaired) electrons. The number of thiophene rings is 1. The van der Waals surface area contributed by atoms with Gasteiger partial charge in [0, 0.05) is 36.7 Å². The van der Waals surface area contributed by atoms with Crippen molar-refractivity contribution in [1.29, 1.82) is 0 Å². The number of likely N-dealkylation sites (tertiary alicyclic amines) is 1. The first-order valence-electron chi connectivity index (χ1n) is 9.38. The van der Waals surface area contributed by atoms with E-state index in [4.69, 9.17) is 0 Å². The van der Waals surface area contributed by atoms with Gasteiger partial charge in [0.2, 0.25) is 5.91 Å². The fourth-order valence-corrected chi connectivity index (χ4v) is 4.43. The van der Waals surface area contributed by atoms with Crippen molar-refractivity contribution in [1.82, 2.24) is 15.2 Å². The minimum Gasteiger partial charge on any atom is -0.361 e. The lowest BCUT2D eigenvalue weighted by atomic mass is 9.97. The van der Waals surface area contributed by atoms with Crippen molar-refractivity contribution in [3.05, 3.63) is 58.4 Å². The number of piperidine rings is 1. The Kier molecular flexibility index (Phi) is 5.25. The summed E-state index contributed by atoms with van der Waals surface area (Å²) in [5.74, 6) is -0.0227. The average Bonchev–Trinajstić information content (AvgIpc) is 3.38. The molecule has 6 heteroatoms. The van der Waals surface area contributed by atoms with Crippen LogP contribution in [0.25, 0.3) is 10.9 Å².